The van der Waals surface area contributed by atoms with E-state index in [0.29, 0.717) is 6.54 Å². The minimum atomic E-state index is -3.65. The fourth-order valence-corrected chi connectivity index (χ4v) is 3.95. The number of sulfonamides is 1. The summed E-state index contributed by atoms with van der Waals surface area (Å²) < 4.78 is 39.8. The fraction of sp³-hybridized carbons (Fsp3) is 0.333. The van der Waals surface area contributed by atoms with Gasteiger partial charge in [-0.25, -0.2) is 17.5 Å². The largest absolute Gasteiger partial charge is 0.350 e. The van der Waals surface area contributed by atoms with Gasteiger partial charge in [-0.1, -0.05) is 12.1 Å². The molecule has 0 fully saturated rings. The summed E-state index contributed by atoms with van der Waals surface area (Å²) in [6.07, 6.45) is 0. The van der Waals surface area contributed by atoms with Gasteiger partial charge >= 0.3 is 0 Å². The quantitative estimate of drug-likeness (QED) is 0.632. The monoisotopic (exact) mass is 435 g/mol. The summed E-state index contributed by atoms with van der Waals surface area (Å²) >= 11 is 0. The lowest BCUT2D eigenvalue weighted by molar-refractivity contribution is -0.121. The molecule has 0 spiro atoms. The van der Waals surface area contributed by atoms with Crippen LogP contribution in [0.2, 0.25) is 0 Å². The van der Waals surface area contributed by atoms with E-state index in [-0.39, 0.29) is 47.2 Å². The molecule has 0 bridgehead atoms. The van der Waals surface area contributed by atoms with E-state index in [0.717, 1.165) is 5.56 Å². The van der Waals surface area contributed by atoms with Gasteiger partial charge in [0.05, 0.1) is 11.4 Å². The second-order valence-electron chi connectivity index (χ2n) is 7.02. The Labute approximate surface area is 176 Å². The number of nitrogens with zero attached hydrogens (tertiary/aromatic N) is 1. The lowest BCUT2D eigenvalue weighted by Gasteiger charge is -2.20. The van der Waals surface area contributed by atoms with E-state index < -0.39 is 10.0 Å². The average Bonchev–Trinajstić information content (AvgIpc) is 2.70. The number of benzene rings is 2. The number of hydrogen-bond acceptors (Lipinski definition) is 4. The lowest BCUT2D eigenvalue weighted by atomic mass is 10.2. The van der Waals surface area contributed by atoms with Crippen molar-refractivity contribution in [2.45, 2.75) is 38.3 Å². The van der Waals surface area contributed by atoms with Crippen molar-refractivity contribution in [3.8, 4) is 0 Å². The second-order valence-corrected chi connectivity index (χ2v) is 8.74. The second kappa shape index (κ2) is 10.3. The van der Waals surface area contributed by atoms with Gasteiger partial charge < -0.3 is 10.2 Å². The number of carbonyl (C=O) groups is 2. The van der Waals surface area contributed by atoms with Crippen LogP contribution in [0.4, 0.5) is 4.39 Å². The number of hydrogen-bond donors (Lipinski definition) is 2. The number of amides is 2. The lowest BCUT2D eigenvalue weighted by Crippen LogP contribution is -2.40. The minimum absolute atomic E-state index is 0.0628. The average molecular weight is 436 g/mol. The van der Waals surface area contributed by atoms with E-state index in [1.807, 2.05) is 0 Å². The van der Waals surface area contributed by atoms with E-state index in [4.69, 9.17) is 0 Å². The molecule has 0 saturated heterocycles. The third-order valence-corrected chi connectivity index (χ3v) is 5.88. The topological polar surface area (TPSA) is 95.6 Å². The Hall–Kier alpha value is -2.78. The molecule has 7 nitrogen and oxygen atoms in total. The molecule has 162 valence electrons. The standard InChI is InChI=1S/C21H26FN3O4S/c1-4-25(14-20(26)23-13-16-5-9-18(22)10-6-16)21(27)17-7-11-19(12-8-17)30(28,29)24-15(2)3/h5-12,15,24H,4,13-14H2,1-3H3,(H,23,26). The Kier molecular flexibility index (Phi) is 8.08. The summed E-state index contributed by atoms with van der Waals surface area (Å²) in [5.74, 6) is -1.09. The van der Waals surface area contributed by atoms with Crippen LogP contribution in [0.5, 0.6) is 0 Å². The Balaban J connectivity index is 1.99. The molecule has 0 aliphatic carbocycles. The summed E-state index contributed by atoms with van der Waals surface area (Å²) in [4.78, 5) is 26.3. The predicted molar refractivity (Wildman–Crippen MR) is 112 cm³/mol. The third kappa shape index (κ3) is 6.64. The van der Waals surface area contributed by atoms with Gasteiger partial charge in [-0.2, -0.15) is 0 Å². The molecule has 0 heterocycles. The highest BCUT2D eigenvalue weighted by molar-refractivity contribution is 7.89. The molecule has 0 radical (unpaired) electrons. The zero-order valence-corrected chi connectivity index (χ0v) is 18.0. The van der Waals surface area contributed by atoms with Crippen LogP contribution in [0.3, 0.4) is 0 Å². The van der Waals surface area contributed by atoms with Gasteiger partial charge in [-0.05, 0) is 62.7 Å². The molecule has 9 heteroatoms. The van der Waals surface area contributed by atoms with Crippen LogP contribution < -0.4 is 10.0 Å². The molecule has 0 aliphatic rings. The van der Waals surface area contributed by atoms with Crippen LogP contribution >= 0.6 is 0 Å². The van der Waals surface area contributed by atoms with E-state index in [1.165, 1.54) is 41.3 Å². The van der Waals surface area contributed by atoms with Gasteiger partial charge in [0.15, 0.2) is 0 Å². The first kappa shape index (κ1) is 23.5. The summed E-state index contributed by atoms with van der Waals surface area (Å²) in [5.41, 5.74) is 1.03. The van der Waals surface area contributed by atoms with Crippen molar-refractivity contribution in [3.05, 3.63) is 65.5 Å². The van der Waals surface area contributed by atoms with Crippen LogP contribution in [0.25, 0.3) is 0 Å². The summed E-state index contributed by atoms with van der Waals surface area (Å²) in [6.45, 7) is 5.56. The SMILES string of the molecule is CCN(CC(=O)NCc1ccc(F)cc1)C(=O)c1ccc(S(=O)(=O)NC(C)C)cc1. The van der Waals surface area contributed by atoms with Crippen molar-refractivity contribution >= 4 is 21.8 Å². The van der Waals surface area contributed by atoms with E-state index in [1.54, 1.807) is 32.9 Å². The highest BCUT2D eigenvalue weighted by Crippen LogP contribution is 2.13. The molecule has 0 saturated carbocycles. The van der Waals surface area contributed by atoms with Crippen molar-refractivity contribution in [1.82, 2.24) is 14.9 Å². The summed E-state index contributed by atoms with van der Waals surface area (Å²) in [5, 5.41) is 2.69. The predicted octanol–water partition coefficient (Wildman–Crippen LogP) is 2.29. The van der Waals surface area contributed by atoms with Crippen LogP contribution in [0, 0.1) is 5.82 Å². The molecular weight excluding hydrogens is 409 g/mol. The molecular formula is C21H26FN3O4S. The van der Waals surface area contributed by atoms with Crippen LogP contribution in [0.1, 0.15) is 36.7 Å². The van der Waals surface area contributed by atoms with Gasteiger partial charge in [-0.15, -0.1) is 0 Å². The number of rotatable bonds is 9. The third-order valence-electron chi connectivity index (χ3n) is 4.21. The summed E-state index contributed by atoms with van der Waals surface area (Å²) in [6, 6.07) is 11.1. The number of nitrogens with one attached hydrogen (secondary N) is 2. The molecule has 2 aromatic rings. The summed E-state index contributed by atoms with van der Waals surface area (Å²) in [7, 11) is -3.65. The molecule has 2 aromatic carbocycles. The van der Waals surface area contributed by atoms with Crippen molar-refractivity contribution in [1.29, 1.82) is 0 Å². The number of halogens is 1. The Morgan fingerprint density at radius 3 is 2.17 bits per heavy atom. The first-order valence-corrected chi connectivity index (χ1v) is 11.0. The van der Waals surface area contributed by atoms with E-state index in [9.17, 15) is 22.4 Å². The zero-order valence-electron chi connectivity index (χ0n) is 17.2. The minimum Gasteiger partial charge on any atom is -0.350 e. The van der Waals surface area contributed by atoms with Crippen molar-refractivity contribution in [2.24, 2.45) is 0 Å². The smallest absolute Gasteiger partial charge is 0.254 e. The Bertz CT molecular complexity index is 974. The first-order chi connectivity index (χ1) is 14.1. The first-order valence-electron chi connectivity index (χ1n) is 9.55. The van der Waals surface area contributed by atoms with E-state index >= 15 is 0 Å². The van der Waals surface area contributed by atoms with Crippen LogP contribution in [-0.2, 0) is 21.4 Å². The maximum absolute atomic E-state index is 12.9. The van der Waals surface area contributed by atoms with Crippen molar-refractivity contribution in [3.63, 3.8) is 0 Å². The normalized spacial score (nSPS) is 11.4. The van der Waals surface area contributed by atoms with Crippen molar-refractivity contribution < 1.29 is 22.4 Å². The molecule has 30 heavy (non-hydrogen) atoms. The van der Waals surface area contributed by atoms with Gasteiger partial charge in [0.25, 0.3) is 5.91 Å². The van der Waals surface area contributed by atoms with Gasteiger partial charge in [-0.3, -0.25) is 9.59 Å². The molecule has 2 amide bonds. The fourth-order valence-electron chi connectivity index (χ4n) is 2.70. The van der Waals surface area contributed by atoms with Gasteiger partial charge in [0.1, 0.15) is 5.82 Å². The van der Waals surface area contributed by atoms with E-state index in [2.05, 4.69) is 10.0 Å². The van der Waals surface area contributed by atoms with Crippen LogP contribution in [-0.4, -0.2) is 44.3 Å². The molecule has 2 rings (SSSR count). The van der Waals surface area contributed by atoms with Crippen molar-refractivity contribution in [2.75, 3.05) is 13.1 Å². The Morgan fingerprint density at radius 2 is 1.63 bits per heavy atom. The zero-order chi connectivity index (χ0) is 22.3. The highest BCUT2D eigenvalue weighted by atomic mass is 32.2. The maximum atomic E-state index is 12.9. The Morgan fingerprint density at radius 1 is 1.03 bits per heavy atom. The molecule has 0 aliphatic heterocycles. The molecule has 0 atom stereocenters. The molecule has 0 aromatic heterocycles. The maximum Gasteiger partial charge on any atom is 0.254 e. The van der Waals surface area contributed by atoms with Crippen LogP contribution in [0.15, 0.2) is 53.4 Å². The van der Waals surface area contributed by atoms with Gasteiger partial charge in [0, 0.05) is 24.7 Å². The number of likely N-dealkylation sites (N-methyl/N-ethyl adjacent to an activating group) is 1. The highest BCUT2D eigenvalue weighted by Gasteiger charge is 2.19. The van der Waals surface area contributed by atoms with Gasteiger partial charge in [0.2, 0.25) is 15.9 Å². The molecule has 0 unspecified atom stereocenters. The molecule has 2 N–H and O–H groups in total. The number of carbonyl (C=O) groups excluding carboxylic acids is 2.